The fourth-order valence-corrected chi connectivity index (χ4v) is 3.79. The molecule has 0 atom stereocenters. The van der Waals surface area contributed by atoms with Crippen LogP contribution < -0.4 is 10.6 Å². The lowest BCUT2D eigenvalue weighted by Gasteiger charge is -2.10. The molecule has 4 nitrogen and oxygen atoms in total. The van der Waals surface area contributed by atoms with Crippen LogP contribution in [0.5, 0.6) is 0 Å². The number of nitrogens with one attached hydrogen (secondary N) is 2. The Morgan fingerprint density at radius 2 is 2.04 bits per heavy atom. The normalized spacial score (nSPS) is 12.3. The standard InChI is InChI=1S/C18H16N2O2S/c1-2-10-19-17(21)13-7-3-4-8-14(13)20-18(22)16-11-12-6-5-9-15(12)23-16/h1,3-4,7-8,11H,5-6,9-10H2,(H,19,21)(H,20,22). The van der Waals surface area contributed by atoms with Gasteiger partial charge in [0.15, 0.2) is 0 Å². The van der Waals surface area contributed by atoms with E-state index in [9.17, 15) is 9.59 Å². The van der Waals surface area contributed by atoms with Crippen LogP contribution >= 0.6 is 11.3 Å². The van der Waals surface area contributed by atoms with Crippen molar-refractivity contribution in [3.8, 4) is 12.3 Å². The van der Waals surface area contributed by atoms with Crippen molar-refractivity contribution in [3.63, 3.8) is 0 Å². The average Bonchev–Trinajstić information content (AvgIpc) is 3.14. The van der Waals surface area contributed by atoms with Gasteiger partial charge in [0.1, 0.15) is 0 Å². The summed E-state index contributed by atoms with van der Waals surface area (Å²) in [6.07, 6.45) is 8.42. The summed E-state index contributed by atoms with van der Waals surface area (Å²) in [7, 11) is 0. The van der Waals surface area contributed by atoms with Crippen molar-refractivity contribution >= 4 is 28.8 Å². The highest BCUT2D eigenvalue weighted by molar-refractivity contribution is 7.14. The van der Waals surface area contributed by atoms with Gasteiger partial charge in [-0.05, 0) is 43.0 Å². The van der Waals surface area contributed by atoms with Crippen molar-refractivity contribution in [1.29, 1.82) is 0 Å². The Balaban J connectivity index is 1.78. The van der Waals surface area contributed by atoms with Gasteiger partial charge in [0.25, 0.3) is 11.8 Å². The van der Waals surface area contributed by atoms with Gasteiger partial charge in [-0.2, -0.15) is 0 Å². The van der Waals surface area contributed by atoms with E-state index in [0.29, 0.717) is 16.1 Å². The summed E-state index contributed by atoms with van der Waals surface area (Å²) < 4.78 is 0. The Morgan fingerprint density at radius 3 is 2.83 bits per heavy atom. The highest BCUT2D eigenvalue weighted by Crippen LogP contribution is 2.31. The molecule has 1 aliphatic rings. The molecule has 0 unspecified atom stereocenters. The first kappa shape index (κ1) is 15.3. The van der Waals surface area contributed by atoms with E-state index in [1.165, 1.54) is 28.2 Å². The minimum Gasteiger partial charge on any atom is -0.341 e. The lowest BCUT2D eigenvalue weighted by atomic mass is 10.1. The summed E-state index contributed by atoms with van der Waals surface area (Å²) in [5, 5.41) is 5.44. The number of fused-ring (bicyclic) bond motifs is 1. The summed E-state index contributed by atoms with van der Waals surface area (Å²) >= 11 is 1.54. The molecule has 0 bridgehead atoms. The van der Waals surface area contributed by atoms with Gasteiger partial charge in [0.2, 0.25) is 0 Å². The first-order valence-electron chi connectivity index (χ1n) is 7.42. The lowest BCUT2D eigenvalue weighted by molar-refractivity contribution is 0.0959. The minimum absolute atomic E-state index is 0.152. The van der Waals surface area contributed by atoms with E-state index in [-0.39, 0.29) is 18.4 Å². The molecular weight excluding hydrogens is 308 g/mol. The molecule has 0 saturated carbocycles. The van der Waals surface area contributed by atoms with Crippen LogP contribution in [0.15, 0.2) is 30.3 Å². The van der Waals surface area contributed by atoms with Gasteiger partial charge in [-0.25, -0.2) is 0 Å². The number of hydrogen-bond donors (Lipinski definition) is 2. The molecule has 5 heteroatoms. The number of amides is 2. The Hall–Kier alpha value is -2.58. The number of aryl methyl sites for hydroxylation is 2. The van der Waals surface area contributed by atoms with Crippen LogP contribution in [0.4, 0.5) is 5.69 Å². The van der Waals surface area contributed by atoms with Gasteiger partial charge in [0.05, 0.1) is 22.7 Å². The zero-order chi connectivity index (χ0) is 16.2. The van der Waals surface area contributed by atoms with Crippen molar-refractivity contribution in [2.24, 2.45) is 0 Å². The van der Waals surface area contributed by atoms with Gasteiger partial charge >= 0.3 is 0 Å². The molecule has 2 N–H and O–H groups in total. The number of para-hydroxylation sites is 1. The van der Waals surface area contributed by atoms with E-state index in [4.69, 9.17) is 6.42 Å². The van der Waals surface area contributed by atoms with Crippen LogP contribution in [0.25, 0.3) is 0 Å². The van der Waals surface area contributed by atoms with E-state index < -0.39 is 0 Å². The summed E-state index contributed by atoms with van der Waals surface area (Å²) in [6.45, 7) is 0.152. The van der Waals surface area contributed by atoms with Crippen LogP contribution in [-0.4, -0.2) is 18.4 Å². The quantitative estimate of drug-likeness (QED) is 0.850. The number of thiophene rings is 1. The second-order valence-corrected chi connectivity index (χ2v) is 6.44. The fraction of sp³-hybridized carbons (Fsp3) is 0.222. The molecule has 1 aromatic carbocycles. The summed E-state index contributed by atoms with van der Waals surface area (Å²) in [5.41, 5.74) is 2.17. The molecule has 3 rings (SSSR count). The number of hydrogen-bond acceptors (Lipinski definition) is 3. The van der Waals surface area contributed by atoms with E-state index in [0.717, 1.165) is 12.8 Å². The van der Waals surface area contributed by atoms with Crippen molar-refractivity contribution in [2.45, 2.75) is 19.3 Å². The van der Waals surface area contributed by atoms with Gasteiger partial charge < -0.3 is 10.6 Å². The SMILES string of the molecule is C#CCNC(=O)c1ccccc1NC(=O)c1cc2c(s1)CCC2. The molecule has 1 aromatic heterocycles. The molecule has 23 heavy (non-hydrogen) atoms. The Kier molecular flexibility index (Phi) is 4.45. The molecule has 2 aromatic rings. The maximum atomic E-state index is 12.4. The molecule has 0 saturated heterocycles. The van der Waals surface area contributed by atoms with Crippen molar-refractivity contribution < 1.29 is 9.59 Å². The third kappa shape index (κ3) is 3.27. The highest BCUT2D eigenvalue weighted by atomic mass is 32.1. The maximum absolute atomic E-state index is 12.4. The molecule has 116 valence electrons. The van der Waals surface area contributed by atoms with E-state index in [1.54, 1.807) is 24.3 Å². The second-order valence-electron chi connectivity index (χ2n) is 5.30. The first-order chi connectivity index (χ1) is 11.2. The third-order valence-electron chi connectivity index (χ3n) is 3.74. The molecule has 1 heterocycles. The minimum atomic E-state index is -0.299. The third-order valence-corrected chi connectivity index (χ3v) is 4.98. The molecule has 0 radical (unpaired) electrons. The van der Waals surface area contributed by atoms with Gasteiger partial charge in [-0.15, -0.1) is 17.8 Å². The van der Waals surface area contributed by atoms with Crippen LogP contribution in [0.3, 0.4) is 0 Å². The van der Waals surface area contributed by atoms with E-state index in [1.807, 2.05) is 6.07 Å². The molecular formula is C18H16N2O2S. The van der Waals surface area contributed by atoms with Gasteiger partial charge in [-0.3, -0.25) is 9.59 Å². The number of terminal acetylenes is 1. The predicted molar refractivity (Wildman–Crippen MR) is 91.9 cm³/mol. The summed E-state index contributed by atoms with van der Waals surface area (Å²) in [6, 6.07) is 8.87. The zero-order valence-electron chi connectivity index (χ0n) is 12.5. The Bertz CT molecular complexity index is 780. The smallest absolute Gasteiger partial charge is 0.265 e. The van der Waals surface area contributed by atoms with Crippen LogP contribution in [-0.2, 0) is 12.8 Å². The highest BCUT2D eigenvalue weighted by Gasteiger charge is 2.19. The molecule has 0 spiro atoms. The zero-order valence-corrected chi connectivity index (χ0v) is 13.3. The van der Waals surface area contributed by atoms with Gasteiger partial charge in [0, 0.05) is 4.88 Å². The Labute approximate surface area is 138 Å². The summed E-state index contributed by atoms with van der Waals surface area (Å²) in [4.78, 5) is 26.5. The Morgan fingerprint density at radius 1 is 1.22 bits per heavy atom. The fourth-order valence-electron chi connectivity index (χ4n) is 2.64. The molecule has 0 fully saturated rings. The largest absolute Gasteiger partial charge is 0.341 e. The predicted octanol–water partition coefficient (Wildman–Crippen LogP) is 2.85. The maximum Gasteiger partial charge on any atom is 0.265 e. The summed E-state index contributed by atoms with van der Waals surface area (Å²) in [5.74, 6) is 1.88. The number of anilines is 1. The number of carbonyl (C=O) groups is 2. The molecule has 2 amide bonds. The average molecular weight is 324 g/mol. The van der Waals surface area contributed by atoms with Crippen LogP contribution in [0, 0.1) is 12.3 Å². The lowest BCUT2D eigenvalue weighted by Crippen LogP contribution is -2.25. The monoisotopic (exact) mass is 324 g/mol. The number of benzene rings is 1. The van der Waals surface area contributed by atoms with Crippen LogP contribution in [0.2, 0.25) is 0 Å². The second kappa shape index (κ2) is 6.67. The number of carbonyl (C=O) groups excluding carboxylic acids is 2. The topological polar surface area (TPSA) is 58.2 Å². The van der Waals surface area contributed by atoms with Crippen molar-refractivity contribution in [1.82, 2.24) is 5.32 Å². The van der Waals surface area contributed by atoms with Crippen LogP contribution in [0.1, 0.15) is 36.9 Å². The first-order valence-corrected chi connectivity index (χ1v) is 8.24. The van der Waals surface area contributed by atoms with E-state index in [2.05, 4.69) is 16.6 Å². The molecule has 0 aliphatic heterocycles. The van der Waals surface area contributed by atoms with Crippen molar-refractivity contribution in [2.75, 3.05) is 11.9 Å². The van der Waals surface area contributed by atoms with E-state index >= 15 is 0 Å². The molecule has 1 aliphatic carbocycles. The van der Waals surface area contributed by atoms with Gasteiger partial charge in [-0.1, -0.05) is 18.1 Å². The number of rotatable bonds is 4. The van der Waals surface area contributed by atoms with Crippen molar-refractivity contribution in [3.05, 3.63) is 51.2 Å².